The predicted octanol–water partition coefficient (Wildman–Crippen LogP) is 7.67. The molecule has 6 aromatic rings. The summed E-state index contributed by atoms with van der Waals surface area (Å²) in [6.45, 7) is 2.15. The fourth-order valence-corrected chi connectivity index (χ4v) is 4.44. The maximum absolute atomic E-state index is 5.13. The highest BCUT2D eigenvalue weighted by molar-refractivity contribution is 6.22. The van der Waals surface area contributed by atoms with E-state index in [9.17, 15) is 0 Å². The van der Waals surface area contributed by atoms with E-state index in [1.54, 1.807) is 0 Å². The highest BCUT2D eigenvalue weighted by atomic mass is 14.7. The maximum Gasteiger partial charge on any atom is 0.0788 e. The van der Waals surface area contributed by atoms with Crippen LogP contribution in [0.1, 0.15) is 5.56 Å². The molecule has 0 saturated heterocycles. The summed E-state index contributed by atoms with van der Waals surface area (Å²) < 4.78 is 0. The molecule has 0 saturated carbocycles. The van der Waals surface area contributed by atoms with Crippen molar-refractivity contribution < 1.29 is 0 Å². The van der Waals surface area contributed by atoms with Gasteiger partial charge in [-0.15, -0.1) is 0 Å². The van der Waals surface area contributed by atoms with Crippen LogP contribution in [0.5, 0.6) is 0 Å². The second-order valence-electron chi connectivity index (χ2n) is 7.75. The van der Waals surface area contributed by atoms with Crippen molar-refractivity contribution in [3.05, 3.63) is 103 Å². The van der Waals surface area contributed by atoms with Gasteiger partial charge in [0.15, 0.2) is 0 Å². The van der Waals surface area contributed by atoms with Crippen molar-refractivity contribution in [2.24, 2.45) is 0 Å². The quantitative estimate of drug-likeness (QED) is 0.271. The Labute approximate surface area is 169 Å². The number of hydrogen-bond donors (Lipinski definition) is 0. The monoisotopic (exact) mass is 369 g/mol. The number of fused-ring (bicyclic) bond motifs is 6. The van der Waals surface area contributed by atoms with E-state index in [2.05, 4.69) is 104 Å². The van der Waals surface area contributed by atoms with Crippen molar-refractivity contribution in [2.45, 2.75) is 6.92 Å². The van der Waals surface area contributed by atoms with Gasteiger partial charge < -0.3 is 0 Å². The SMILES string of the molecule is Cc1ccc2nc(-c3ccc4ccccc4c3)c3ccc4ccccc4c3c2c1. The number of nitrogens with zero attached hydrogens (tertiary/aromatic N) is 1. The molecule has 0 aliphatic heterocycles. The first-order valence-electron chi connectivity index (χ1n) is 9.99. The van der Waals surface area contributed by atoms with Gasteiger partial charge in [-0.05, 0) is 46.7 Å². The molecule has 0 aliphatic rings. The molecule has 0 amide bonds. The minimum Gasteiger partial charge on any atom is -0.247 e. The fraction of sp³-hybridized carbons (Fsp3) is 0.0357. The molecule has 1 aromatic heterocycles. The molecule has 136 valence electrons. The van der Waals surface area contributed by atoms with Gasteiger partial charge in [0, 0.05) is 21.7 Å². The van der Waals surface area contributed by atoms with Crippen molar-refractivity contribution in [1.82, 2.24) is 4.98 Å². The lowest BCUT2D eigenvalue weighted by Crippen LogP contribution is -1.91. The van der Waals surface area contributed by atoms with Crippen LogP contribution in [0, 0.1) is 6.92 Å². The molecule has 0 atom stereocenters. The smallest absolute Gasteiger partial charge is 0.0788 e. The molecule has 6 rings (SSSR count). The van der Waals surface area contributed by atoms with E-state index < -0.39 is 0 Å². The molecule has 5 aromatic carbocycles. The number of pyridine rings is 1. The Morgan fingerprint density at radius 1 is 0.552 bits per heavy atom. The second kappa shape index (κ2) is 6.15. The van der Waals surface area contributed by atoms with Gasteiger partial charge in [0.1, 0.15) is 0 Å². The standard InChI is InChI=1S/C28H19N/c1-18-10-15-26-25(16-18)27-23-9-5-4-7-20(23)13-14-24(27)28(29-26)22-12-11-19-6-2-3-8-21(19)17-22/h2-17H,1H3. The third-order valence-electron chi connectivity index (χ3n) is 5.86. The van der Waals surface area contributed by atoms with E-state index in [0.29, 0.717) is 0 Å². The zero-order valence-corrected chi connectivity index (χ0v) is 16.2. The normalized spacial score (nSPS) is 11.6. The van der Waals surface area contributed by atoms with Crippen molar-refractivity contribution in [1.29, 1.82) is 0 Å². The van der Waals surface area contributed by atoms with Crippen molar-refractivity contribution in [3.8, 4) is 11.3 Å². The molecular formula is C28H19N. The first-order chi connectivity index (χ1) is 14.3. The van der Waals surface area contributed by atoms with E-state index in [-0.39, 0.29) is 0 Å². The average molecular weight is 369 g/mol. The van der Waals surface area contributed by atoms with Crippen molar-refractivity contribution in [3.63, 3.8) is 0 Å². The summed E-state index contributed by atoms with van der Waals surface area (Å²) in [6.07, 6.45) is 0. The summed E-state index contributed by atoms with van der Waals surface area (Å²) in [7, 11) is 0. The van der Waals surface area contributed by atoms with Gasteiger partial charge in [-0.3, -0.25) is 0 Å². The molecule has 1 heteroatoms. The first kappa shape index (κ1) is 16.3. The first-order valence-corrected chi connectivity index (χ1v) is 9.99. The molecule has 1 nitrogen and oxygen atoms in total. The van der Waals surface area contributed by atoms with Crippen LogP contribution in [-0.2, 0) is 0 Å². The third kappa shape index (κ3) is 2.51. The highest BCUT2D eigenvalue weighted by Crippen LogP contribution is 2.37. The molecule has 0 bridgehead atoms. The number of hydrogen-bond acceptors (Lipinski definition) is 1. The van der Waals surface area contributed by atoms with Crippen LogP contribution in [-0.4, -0.2) is 4.98 Å². The molecule has 29 heavy (non-hydrogen) atoms. The molecule has 0 fully saturated rings. The van der Waals surface area contributed by atoms with Gasteiger partial charge in [0.05, 0.1) is 11.2 Å². The van der Waals surface area contributed by atoms with Crippen LogP contribution in [0.2, 0.25) is 0 Å². The van der Waals surface area contributed by atoms with Crippen molar-refractivity contribution in [2.75, 3.05) is 0 Å². The minimum atomic E-state index is 1.04. The molecule has 0 unspecified atom stereocenters. The van der Waals surface area contributed by atoms with Crippen LogP contribution in [0.25, 0.3) is 54.5 Å². The predicted molar refractivity (Wildman–Crippen MR) is 124 cm³/mol. The Morgan fingerprint density at radius 2 is 1.31 bits per heavy atom. The molecule has 0 aliphatic carbocycles. The topological polar surface area (TPSA) is 12.9 Å². The van der Waals surface area contributed by atoms with E-state index in [1.165, 1.54) is 43.3 Å². The van der Waals surface area contributed by atoms with E-state index in [4.69, 9.17) is 4.98 Å². The summed E-state index contributed by atoms with van der Waals surface area (Å²) in [5, 5.41) is 8.76. The Morgan fingerprint density at radius 3 is 2.21 bits per heavy atom. The maximum atomic E-state index is 5.13. The summed E-state index contributed by atoms with van der Waals surface area (Å²) in [6, 6.07) is 34.8. The number of aryl methyl sites for hydroxylation is 1. The fourth-order valence-electron chi connectivity index (χ4n) is 4.44. The largest absolute Gasteiger partial charge is 0.247 e. The van der Waals surface area contributed by atoms with Gasteiger partial charge >= 0.3 is 0 Å². The zero-order valence-electron chi connectivity index (χ0n) is 16.2. The summed E-state index contributed by atoms with van der Waals surface area (Å²) in [5.74, 6) is 0. The summed E-state index contributed by atoms with van der Waals surface area (Å²) in [5.41, 5.74) is 4.51. The zero-order chi connectivity index (χ0) is 19.4. The molecule has 1 heterocycles. The Kier molecular flexibility index (Phi) is 3.45. The highest BCUT2D eigenvalue weighted by Gasteiger charge is 2.13. The lowest BCUT2D eigenvalue weighted by molar-refractivity contribution is 1.41. The summed E-state index contributed by atoms with van der Waals surface area (Å²) in [4.78, 5) is 5.13. The van der Waals surface area contributed by atoms with Gasteiger partial charge in [0.25, 0.3) is 0 Å². The van der Waals surface area contributed by atoms with Crippen LogP contribution in [0.4, 0.5) is 0 Å². The Hall–Kier alpha value is -3.71. The van der Waals surface area contributed by atoms with Gasteiger partial charge in [0.2, 0.25) is 0 Å². The lowest BCUT2D eigenvalue weighted by atomic mass is 9.94. The van der Waals surface area contributed by atoms with E-state index in [0.717, 1.165) is 16.8 Å². The summed E-state index contributed by atoms with van der Waals surface area (Å²) >= 11 is 0. The molecule has 0 N–H and O–H groups in total. The van der Waals surface area contributed by atoms with Crippen LogP contribution in [0.3, 0.4) is 0 Å². The second-order valence-corrected chi connectivity index (χ2v) is 7.75. The molecule has 0 radical (unpaired) electrons. The minimum absolute atomic E-state index is 1.04. The number of aromatic nitrogens is 1. The third-order valence-corrected chi connectivity index (χ3v) is 5.86. The van der Waals surface area contributed by atoms with Crippen molar-refractivity contribution >= 4 is 43.2 Å². The van der Waals surface area contributed by atoms with Crippen LogP contribution >= 0.6 is 0 Å². The molecule has 0 spiro atoms. The number of rotatable bonds is 1. The van der Waals surface area contributed by atoms with Gasteiger partial charge in [-0.2, -0.15) is 0 Å². The van der Waals surface area contributed by atoms with Gasteiger partial charge in [-0.1, -0.05) is 84.4 Å². The number of benzene rings is 5. The lowest BCUT2D eigenvalue weighted by Gasteiger charge is -2.13. The van der Waals surface area contributed by atoms with Gasteiger partial charge in [-0.25, -0.2) is 4.98 Å². The van der Waals surface area contributed by atoms with Crippen LogP contribution in [0.15, 0.2) is 97.1 Å². The van der Waals surface area contributed by atoms with Crippen LogP contribution < -0.4 is 0 Å². The Balaban J connectivity index is 1.80. The Bertz CT molecular complexity index is 1560. The van der Waals surface area contributed by atoms with E-state index in [1.807, 2.05) is 0 Å². The average Bonchev–Trinajstić information content (AvgIpc) is 2.78. The molecular weight excluding hydrogens is 350 g/mol. The van der Waals surface area contributed by atoms with E-state index >= 15 is 0 Å².